The maximum absolute atomic E-state index is 10.9. The molecule has 1 rings (SSSR count). The lowest BCUT2D eigenvalue weighted by Crippen LogP contribution is -2.37. The Labute approximate surface area is 81.6 Å². The zero-order chi connectivity index (χ0) is 9.68. The summed E-state index contributed by atoms with van der Waals surface area (Å²) in [4.78, 5) is 16.6. The molecule has 0 aliphatic carbocycles. The lowest BCUT2D eigenvalue weighted by atomic mass is 10.1. The van der Waals surface area contributed by atoms with Crippen LogP contribution < -0.4 is 0 Å². The highest BCUT2D eigenvalue weighted by Gasteiger charge is 2.18. The maximum atomic E-state index is 10.9. The zero-order valence-corrected chi connectivity index (χ0v) is 8.30. The maximum Gasteiger partial charge on any atom is 0.208 e. The van der Waals surface area contributed by atoms with Gasteiger partial charge in [-0.3, -0.25) is 4.79 Å². The van der Waals surface area contributed by atoms with Gasteiger partial charge in [-0.1, -0.05) is 11.8 Å². The van der Waals surface area contributed by atoms with Gasteiger partial charge in [-0.05, 0) is 6.26 Å². The molecule has 0 N–H and O–H groups in total. The molecule has 1 saturated heterocycles. The van der Waals surface area contributed by atoms with Crippen LogP contribution in [0.1, 0.15) is 12.8 Å². The van der Waals surface area contributed by atoms with E-state index in [9.17, 15) is 4.79 Å². The molecule has 5 heteroatoms. The molecular weight excluding hydrogens is 186 g/mol. The van der Waals surface area contributed by atoms with Crippen LogP contribution in [0.4, 0.5) is 0 Å². The summed E-state index contributed by atoms with van der Waals surface area (Å²) in [5, 5.41) is 9.12. The standard InChI is InChI=1S/C8H11N3OS/c1-13-8(10-6-9)11-4-2-7(12)3-5-11/h2-5H2,1H3/b10-8-. The molecule has 0 aromatic heterocycles. The van der Waals surface area contributed by atoms with Crippen molar-refractivity contribution in [3.8, 4) is 6.19 Å². The lowest BCUT2D eigenvalue weighted by molar-refractivity contribution is -0.120. The van der Waals surface area contributed by atoms with E-state index in [-0.39, 0.29) is 0 Å². The molecule has 0 unspecified atom stereocenters. The zero-order valence-electron chi connectivity index (χ0n) is 7.49. The van der Waals surface area contributed by atoms with E-state index in [2.05, 4.69) is 4.99 Å². The highest BCUT2D eigenvalue weighted by atomic mass is 32.2. The van der Waals surface area contributed by atoms with Gasteiger partial charge in [-0.15, -0.1) is 4.99 Å². The Balaban J connectivity index is 2.57. The molecule has 0 radical (unpaired) electrons. The Bertz CT molecular complexity index is 259. The third-order valence-corrected chi connectivity index (χ3v) is 2.63. The van der Waals surface area contributed by atoms with Gasteiger partial charge in [0.15, 0.2) is 5.17 Å². The summed E-state index contributed by atoms with van der Waals surface area (Å²) in [7, 11) is 0. The summed E-state index contributed by atoms with van der Waals surface area (Å²) in [5.41, 5.74) is 0. The van der Waals surface area contributed by atoms with Gasteiger partial charge >= 0.3 is 0 Å². The molecule has 0 bridgehead atoms. The number of carbonyl (C=O) groups is 1. The van der Waals surface area contributed by atoms with Crippen molar-refractivity contribution in [1.29, 1.82) is 5.26 Å². The molecule has 70 valence electrons. The van der Waals surface area contributed by atoms with E-state index in [0.29, 0.717) is 31.7 Å². The lowest BCUT2D eigenvalue weighted by Gasteiger charge is -2.27. The van der Waals surface area contributed by atoms with Gasteiger partial charge in [0.1, 0.15) is 5.78 Å². The summed E-state index contributed by atoms with van der Waals surface area (Å²) >= 11 is 1.44. The van der Waals surface area contributed by atoms with Crippen molar-refractivity contribution in [1.82, 2.24) is 4.90 Å². The van der Waals surface area contributed by atoms with Crippen molar-refractivity contribution < 1.29 is 4.79 Å². The summed E-state index contributed by atoms with van der Waals surface area (Å²) in [6, 6.07) is 0. The fourth-order valence-corrected chi connectivity index (χ4v) is 1.81. The van der Waals surface area contributed by atoms with E-state index in [1.807, 2.05) is 11.2 Å². The number of Topliss-reactive ketones (excluding diaryl/α,β-unsaturated/α-hetero) is 1. The van der Waals surface area contributed by atoms with Crippen molar-refractivity contribution >= 4 is 22.7 Å². The normalized spacial score (nSPS) is 18.6. The monoisotopic (exact) mass is 197 g/mol. The van der Waals surface area contributed by atoms with E-state index in [1.54, 1.807) is 6.19 Å². The molecule has 1 heterocycles. The topological polar surface area (TPSA) is 56.5 Å². The Morgan fingerprint density at radius 3 is 2.69 bits per heavy atom. The molecular formula is C8H11N3OS. The van der Waals surface area contributed by atoms with Crippen LogP contribution in [0.2, 0.25) is 0 Å². The Hall–Kier alpha value is -1.02. The summed E-state index contributed by atoms with van der Waals surface area (Å²) < 4.78 is 0. The highest BCUT2D eigenvalue weighted by Crippen LogP contribution is 2.12. The molecule has 13 heavy (non-hydrogen) atoms. The number of likely N-dealkylation sites (tertiary alicyclic amines) is 1. The first-order valence-corrected chi connectivity index (χ1v) is 5.28. The number of ketones is 1. The molecule has 0 saturated carbocycles. The van der Waals surface area contributed by atoms with Crippen molar-refractivity contribution in [2.24, 2.45) is 4.99 Å². The number of hydrogen-bond donors (Lipinski definition) is 0. The molecule has 1 aliphatic rings. The van der Waals surface area contributed by atoms with Crippen LogP contribution in [0.25, 0.3) is 0 Å². The van der Waals surface area contributed by atoms with Gasteiger partial charge in [0.25, 0.3) is 0 Å². The van der Waals surface area contributed by atoms with Crippen LogP contribution in [0.3, 0.4) is 0 Å². The number of rotatable bonds is 0. The third kappa shape index (κ3) is 2.74. The number of aliphatic imine (C=N–C) groups is 1. The van der Waals surface area contributed by atoms with Crippen molar-refractivity contribution in [3.05, 3.63) is 0 Å². The number of carbonyl (C=O) groups excluding carboxylic acids is 1. The first kappa shape index (κ1) is 10.1. The largest absolute Gasteiger partial charge is 0.350 e. The Morgan fingerprint density at radius 2 is 2.23 bits per heavy atom. The van der Waals surface area contributed by atoms with Gasteiger partial charge in [-0.2, -0.15) is 5.26 Å². The molecule has 0 spiro atoms. The molecule has 0 aromatic rings. The van der Waals surface area contributed by atoms with E-state index < -0.39 is 0 Å². The second kappa shape index (κ2) is 4.87. The first-order valence-electron chi connectivity index (χ1n) is 4.05. The third-order valence-electron chi connectivity index (χ3n) is 1.92. The summed E-state index contributed by atoms with van der Waals surface area (Å²) in [6.07, 6.45) is 4.80. The van der Waals surface area contributed by atoms with Gasteiger partial charge in [0.05, 0.1) is 0 Å². The fraction of sp³-hybridized carbons (Fsp3) is 0.625. The fourth-order valence-electron chi connectivity index (χ4n) is 1.24. The Kier molecular flexibility index (Phi) is 3.77. The van der Waals surface area contributed by atoms with Crippen molar-refractivity contribution in [2.75, 3.05) is 19.3 Å². The predicted octanol–water partition coefficient (Wildman–Crippen LogP) is 0.851. The summed E-state index contributed by atoms with van der Waals surface area (Å²) in [5.74, 6) is 0.300. The number of hydrogen-bond acceptors (Lipinski definition) is 4. The second-order valence-electron chi connectivity index (χ2n) is 2.72. The van der Waals surface area contributed by atoms with Crippen molar-refractivity contribution in [3.63, 3.8) is 0 Å². The van der Waals surface area contributed by atoms with Crippen LogP contribution >= 0.6 is 11.8 Å². The van der Waals surface area contributed by atoms with Crippen LogP contribution in [-0.4, -0.2) is 35.2 Å². The smallest absolute Gasteiger partial charge is 0.208 e. The first-order chi connectivity index (χ1) is 6.27. The molecule has 0 atom stereocenters. The average molecular weight is 197 g/mol. The van der Waals surface area contributed by atoms with Gasteiger partial charge in [0, 0.05) is 25.9 Å². The van der Waals surface area contributed by atoms with Crippen LogP contribution in [-0.2, 0) is 4.79 Å². The Morgan fingerprint density at radius 1 is 1.62 bits per heavy atom. The minimum absolute atomic E-state index is 0.300. The predicted molar refractivity (Wildman–Crippen MR) is 52.4 cm³/mol. The van der Waals surface area contributed by atoms with Gasteiger partial charge in [-0.25, -0.2) is 0 Å². The molecule has 1 fully saturated rings. The van der Waals surface area contributed by atoms with Crippen molar-refractivity contribution in [2.45, 2.75) is 12.8 Å². The van der Waals surface area contributed by atoms with Gasteiger partial charge < -0.3 is 4.90 Å². The number of amidine groups is 1. The van der Waals surface area contributed by atoms with Crippen LogP contribution in [0, 0.1) is 11.5 Å². The van der Waals surface area contributed by atoms with E-state index in [1.165, 1.54) is 11.8 Å². The molecule has 0 aromatic carbocycles. The number of nitrogens with zero attached hydrogens (tertiary/aromatic N) is 3. The van der Waals surface area contributed by atoms with E-state index >= 15 is 0 Å². The molecule has 0 amide bonds. The highest BCUT2D eigenvalue weighted by molar-refractivity contribution is 8.13. The number of piperidine rings is 1. The summed E-state index contributed by atoms with van der Waals surface area (Å²) in [6.45, 7) is 1.39. The number of thioether (sulfide) groups is 1. The molecule has 4 nitrogen and oxygen atoms in total. The minimum atomic E-state index is 0.300. The minimum Gasteiger partial charge on any atom is -0.350 e. The second-order valence-corrected chi connectivity index (χ2v) is 3.50. The van der Waals surface area contributed by atoms with Crippen LogP contribution in [0.5, 0.6) is 0 Å². The SMILES string of the molecule is CS/C(=N\C#N)N1CCC(=O)CC1. The number of nitriles is 1. The average Bonchev–Trinajstić information content (AvgIpc) is 2.16. The van der Waals surface area contributed by atoms with Gasteiger partial charge in [0.2, 0.25) is 6.19 Å². The van der Waals surface area contributed by atoms with E-state index in [0.717, 1.165) is 5.17 Å². The van der Waals surface area contributed by atoms with E-state index in [4.69, 9.17) is 5.26 Å². The van der Waals surface area contributed by atoms with Crippen LogP contribution in [0.15, 0.2) is 4.99 Å². The quantitative estimate of drug-likeness (QED) is 0.328. The molecule has 1 aliphatic heterocycles.